The van der Waals surface area contributed by atoms with E-state index in [0.717, 1.165) is 34.0 Å². The lowest BCUT2D eigenvalue weighted by Crippen LogP contribution is -2.15. The van der Waals surface area contributed by atoms with E-state index in [1.54, 1.807) is 22.7 Å². The van der Waals surface area contributed by atoms with Crippen LogP contribution in [0.15, 0.2) is 34.3 Å². The van der Waals surface area contributed by atoms with E-state index in [-0.39, 0.29) is 18.4 Å². The number of carbonyl (C=O) groups excluding carboxylic acids is 1. The fourth-order valence-corrected chi connectivity index (χ4v) is 4.61. The highest BCUT2D eigenvalue weighted by Crippen LogP contribution is 2.38. The number of anilines is 1. The highest BCUT2D eigenvalue weighted by atomic mass is 32.1. The number of thiazole rings is 1. The van der Waals surface area contributed by atoms with Gasteiger partial charge in [-0.3, -0.25) is 4.79 Å². The van der Waals surface area contributed by atoms with Gasteiger partial charge in [0.2, 0.25) is 5.91 Å². The third-order valence-electron chi connectivity index (χ3n) is 4.23. The van der Waals surface area contributed by atoms with Crippen LogP contribution in [0.25, 0.3) is 10.6 Å². The highest BCUT2D eigenvalue weighted by Gasteiger charge is 2.22. The zero-order valence-corrected chi connectivity index (χ0v) is 16.8. The van der Waals surface area contributed by atoms with Crippen LogP contribution in [-0.4, -0.2) is 23.6 Å². The van der Waals surface area contributed by atoms with Crippen LogP contribution in [0.2, 0.25) is 0 Å². The maximum absolute atomic E-state index is 12.6. The second kappa shape index (κ2) is 7.70. The van der Waals surface area contributed by atoms with Crippen molar-refractivity contribution in [3.05, 3.63) is 45.6 Å². The minimum atomic E-state index is -0.121. The molecule has 0 unspecified atom stereocenters. The molecule has 0 saturated carbocycles. The van der Waals surface area contributed by atoms with Crippen LogP contribution < -0.4 is 14.8 Å². The number of thiophene rings is 1. The number of hydrogen-bond acceptors (Lipinski definition) is 6. The first-order chi connectivity index (χ1) is 13.1. The number of hydrogen-bond donors (Lipinski definition) is 1. The SMILES string of the molecule is CCOc1cc2c(cc1NC(=O)Cc1csc(-c3ccsc3)n1)O[C@H](C)C2. The van der Waals surface area contributed by atoms with Gasteiger partial charge in [0.1, 0.15) is 22.6 Å². The summed E-state index contributed by atoms with van der Waals surface area (Å²) in [5.41, 5.74) is 3.62. The smallest absolute Gasteiger partial charge is 0.230 e. The van der Waals surface area contributed by atoms with Crippen molar-refractivity contribution < 1.29 is 14.3 Å². The lowest BCUT2D eigenvalue weighted by molar-refractivity contribution is -0.115. The van der Waals surface area contributed by atoms with Gasteiger partial charge in [-0.15, -0.1) is 11.3 Å². The molecule has 0 bridgehead atoms. The molecule has 0 fully saturated rings. The number of fused-ring (bicyclic) bond motifs is 1. The molecule has 1 amide bonds. The molecule has 4 rings (SSSR count). The number of ether oxygens (including phenoxy) is 2. The van der Waals surface area contributed by atoms with Crippen LogP contribution in [0.1, 0.15) is 25.1 Å². The lowest BCUT2D eigenvalue weighted by atomic mass is 10.1. The Morgan fingerprint density at radius 3 is 3.07 bits per heavy atom. The molecule has 0 spiro atoms. The molecule has 27 heavy (non-hydrogen) atoms. The lowest BCUT2D eigenvalue weighted by Gasteiger charge is -2.13. The Morgan fingerprint density at radius 1 is 1.41 bits per heavy atom. The van der Waals surface area contributed by atoms with E-state index >= 15 is 0 Å². The monoisotopic (exact) mass is 400 g/mol. The third-order valence-corrected chi connectivity index (χ3v) is 5.86. The molecular formula is C20H20N2O3S2. The average molecular weight is 401 g/mol. The first-order valence-electron chi connectivity index (χ1n) is 8.85. The molecule has 0 aliphatic carbocycles. The molecule has 2 aromatic heterocycles. The number of nitrogens with zero attached hydrogens (tertiary/aromatic N) is 1. The first kappa shape index (κ1) is 18.0. The maximum atomic E-state index is 12.6. The predicted octanol–water partition coefficient (Wildman–Crippen LogP) is 4.77. The second-order valence-corrected chi connectivity index (χ2v) is 8.04. The van der Waals surface area contributed by atoms with Crippen molar-refractivity contribution >= 4 is 34.3 Å². The molecule has 1 atom stereocenters. The summed E-state index contributed by atoms with van der Waals surface area (Å²) in [6.07, 6.45) is 1.22. The van der Waals surface area contributed by atoms with Crippen LogP contribution in [0.3, 0.4) is 0 Å². The van der Waals surface area contributed by atoms with Gasteiger partial charge < -0.3 is 14.8 Å². The first-order valence-corrected chi connectivity index (χ1v) is 10.7. The summed E-state index contributed by atoms with van der Waals surface area (Å²) in [6, 6.07) is 5.86. The number of amides is 1. The number of benzene rings is 1. The van der Waals surface area contributed by atoms with Crippen LogP contribution in [0, 0.1) is 0 Å². The predicted molar refractivity (Wildman–Crippen MR) is 109 cm³/mol. The van der Waals surface area contributed by atoms with Gasteiger partial charge in [-0.1, -0.05) is 0 Å². The third kappa shape index (κ3) is 3.99. The summed E-state index contributed by atoms with van der Waals surface area (Å²) in [5, 5.41) is 9.91. The molecule has 7 heteroatoms. The van der Waals surface area contributed by atoms with Crippen LogP contribution in [0.4, 0.5) is 5.69 Å². The zero-order chi connectivity index (χ0) is 18.8. The van der Waals surface area contributed by atoms with E-state index in [1.807, 2.05) is 42.8 Å². The Balaban J connectivity index is 1.49. The second-order valence-electron chi connectivity index (χ2n) is 6.40. The topological polar surface area (TPSA) is 60.5 Å². The number of nitrogens with one attached hydrogen (secondary N) is 1. The van der Waals surface area contributed by atoms with Crippen LogP contribution in [-0.2, 0) is 17.6 Å². The van der Waals surface area contributed by atoms with E-state index < -0.39 is 0 Å². The molecular weight excluding hydrogens is 380 g/mol. The van der Waals surface area contributed by atoms with E-state index in [1.165, 1.54) is 0 Å². The Morgan fingerprint density at radius 2 is 2.30 bits per heavy atom. The van der Waals surface area contributed by atoms with Crippen molar-refractivity contribution in [2.45, 2.75) is 32.8 Å². The molecule has 3 heterocycles. The number of carbonyl (C=O) groups is 1. The van der Waals surface area contributed by atoms with Gasteiger partial charge in [-0.25, -0.2) is 4.98 Å². The molecule has 1 N–H and O–H groups in total. The van der Waals surface area contributed by atoms with Crippen molar-refractivity contribution in [2.75, 3.05) is 11.9 Å². The minimum Gasteiger partial charge on any atom is -0.492 e. The molecule has 1 aromatic carbocycles. The average Bonchev–Trinajstić information content (AvgIpc) is 3.35. The Hall–Kier alpha value is -2.38. The van der Waals surface area contributed by atoms with Gasteiger partial charge >= 0.3 is 0 Å². The molecule has 1 aliphatic heterocycles. The van der Waals surface area contributed by atoms with Gasteiger partial charge in [0, 0.05) is 34.4 Å². The molecule has 3 aromatic rings. The van der Waals surface area contributed by atoms with Crippen molar-refractivity contribution in [1.82, 2.24) is 4.98 Å². The van der Waals surface area contributed by atoms with Gasteiger partial charge in [0.15, 0.2) is 0 Å². The van der Waals surface area contributed by atoms with Gasteiger partial charge in [0.05, 0.1) is 24.4 Å². The van der Waals surface area contributed by atoms with Crippen LogP contribution >= 0.6 is 22.7 Å². The van der Waals surface area contributed by atoms with Gasteiger partial charge in [0.25, 0.3) is 0 Å². The van der Waals surface area contributed by atoms with Crippen molar-refractivity contribution in [2.24, 2.45) is 0 Å². The molecule has 0 radical (unpaired) electrons. The summed E-state index contributed by atoms with van der Waals surface area (Å²) in [6.45, 7) is 4.50. The quantitative estimate of drug-likeness (QED) is 0.647. The summed E-state index contributed by atoms with van der Waals surface area (Å²) in [4.78, 5) is 17.1. The number of rotatable bonds is 6. The van der Waals surface area contributed by atoms with Crippen LogP contribution in [0.5, 0.6) is 11.5 Å². The minimum absolute atomic E-state index is 0.121. The van der Waals surface area contributed by atoms with E-state index in [0.29, 0.717) is 18.0 Å². The fourth-order valence-electron chi connectivity index (χ4n) is 3.08. The van der Waals surface area contributed by atoms with Crippen molar-refractivity contribution in [1.29, 1.82) is 0 Å². The standard InChI is InChI=1S/C20H20N2O3S2/c1-3-24-18-7-14-6-12(2)25-17(14)9-16(18)22-19(23)8-15-11-27-20(21-15)13-4-5-26-10-13/h4-5,7,9-12H,3,6,8H2,1-2H3,(H,22,23)/t12-/m1/s1. The summed E-state index contributed by atoms with van der Waals surface area (Å²) < 4.78 is 11.5. The fraction of sp³-hybridized carbons (Fsp3) is 0.300. The molecule has 140 valence electrons. The Kier molecular flexibility index (Phi) is 5.13. The van der Waals surface area contributed by atoms with Gasteiger partial charge in [-0.05, 0) is 31.4 Å². The summed E-state index contributed by atoms with van der Waals surface area (Å²) in [7, 11) is 0. The highest BCUT2D eigenvalue weighted by molar-refractivity contribution is 7.14. The summed E-state index contributed by atoms with van der Waals surface area (Å²) in [5.74, 6) is 1.37. The largest absolute Gasteiger partial charge is 0.492 e. The molecule has 0 saturated heterocycles. The molecule has 1 aliphatic rings. The van der Waals surface area contributed by atoms with Crippen molar-refractivity contribution in [3.8, 4) is 22.1 Å². The summed E-state index contributed by atoms with van der Waals surface area (Å²) >= 11 is 3.19. The van der Waals surface area contributed by atoms with E-state index in [4.69, 9.17) is 9.47 Å². The Bertz CT molecular complexity index is 950. The van der Waals surface area contributed by atoms with E-state index in [2.05, 4.69) is 15.7 Å². The van der Waals surface area contributed by atoms with E-state index in [9.17, 15) is 4.79 Å². The maximum Gasteiger partial charge on any atom is 0.230 e. The molecule has 5 nitrogen and oxygen atoms in total. The van der Waals surface area contributed by atoms with Gasteiger partial charge in [-0.2, -0.15) is 11.3 Å². The number of aromatic nitrogens is 1. The Labute approximate surface area is 166 Å². The zero-order valence-electron chi connectivity index (χ0n) is 15.2. The normalized spacial score (nSPS) is 15.3. The van der Waals surface area contributed by atoms with Crippen molar-refractivity contribution in [3.63, 3.8) is 0 Å².